The van der Waals surface area contributed by atoms with Crippen LogP contribution in [0.5, 0.6) is 0 Å². The van der Waals surface area contributed by atoms with Gasteiger partial charge in [0.05, 0.1) is 16.1 Å². The first-order chi connectivity index (χ1) is 16.5. The van der Waals surface area contributed by atoms with Crippen LogP contribution in [0.3, 0.4) is 0 Å². The quantitative estimate of drug-likeness (QED) is 0.402. The van der Waals surface area contributed by atoms with Crippen molar-refractivity contribution in [2.75, 3.05) is 24.5 Å². The van der Waals surface area contributed by atoms with Gasteiger partial charge in [0.1, 0.15) is 18.2 Å². The van der Waals surface area contributed by atoms with Crippen molar-refractivity contribution in [2.45, 2.75) is 19.5 Å². The van der Waals surface area contributed by atoms with E-state index < -0.39 is 0 Å². The monoisotopic (exact) mass is 539 g/mol. The number of rotatable bonds is 5. The summed E-state index contributed by atoms with van der Waals surface area (Å²) in [6, 6.07) is 13.4. The summed E-state index contributed by atoms with van der Waals surface area (Å²) in [5, 5.41) is 12.4. The Morgan fingerprint density at radius 1 is 1.24 bits per heavy atom. The zero-order valence-corrected chi connectivity index (χ0v) is 20.8. The van der Waals surface area contributed by atoms with E-state index in [0.29, 0.717) is 30.3 Å². The van der Waals surface area contributed by atoms with Crippen molar-refractivity contribution >= 4 is 50.3 Å². The van der Waals surface area contributed by atoms with Crippen LogP contribution in [0.15, 0.2) is 59.5 Å². The summed E-state index contributed by atoms with van der Waals surface area (Å²) in [6.45, 7) is 4.35. The lowest BCUT2D eigenvalue weighted by molar-refractivity contribution is -0.123. The number of halogens is 2. The molecule has 8 nitrogen and oxygen atoms in total. The van der Waals surface area contributed by atoms with Gasteiger partial charge in [0.2, 0.25) is 5.91 Å². The molecule has 4 aromatic rings. The first-order valence-electron chi connectivity index (χ1n) is 11.0. The first kappa shape index (κ1) is 22.8. The van der Waals surface area contributed by atoms with Crippen LogP contribution in [0.1, 0.15) is 11.1 Å². The molecule has 0 aliphatic carbocycles. The lowest BCUT2D eigenvalue weighted by Gasteiger charge is -2.33. The van der Waals surface area contributed by atoms with Gasteiger partial charge in [0.15, 0.2) is 5.65 Å². The number of hydrogen-bond acceptors (Lipinski definition) is 6. The fourth-order valence-electron chi connectivity index (χ4n) is 3.99. The third-order valence-corrected chi connectivity index (χ3v) is 7.07. The van der Waals surface area contributed by atoms with Gasteiger partial charge < -0.3 is 15.5 Å². The molecule has 1 atom stereocenters. The van der Waals surface area contributed by atoms with Gasteiger partial charge in [0.25, 0.3) is 0 Å². The fourth-order valence-corrected chi connectivity index (χ4v) is 4.44. The number of fused-ring (bicyclic) bond motifs is 1. The number of aryl methyl sites for hydroxylation is 1. The molecule has 1 aliphatic heterocycles. The number of nitrogens with one attached hydrogen (secondary N) is 2. The molecule has 1 aliphatic rings. The molecule has 34 heavy (non-hydrogen) atoms. The molecule has 3 heterocycles. The first-order valence-corrected chi connectivity index (χ1v) is 12.1. The molecule has 2 N–H and O–H groups in total. The second-order valence-corrected chi connectivity index (χ2v) is 9.52. The van der Waals surface area contributed by atoms with E-state index >= 15 is 0 Å². The molecule has 1 fully saturated rings. The van der Waals surface area contributed by atoms with Crippen molar-refractivity contribution in [3.05, 3.63) is 75.6 Å². The average molecular weight is 541 g/mol. The van der Waals surface area contributed by atoms with Crippen molar-refractivity contribution < 1.29 is 4.79 Å². The van der Waals surface area contributed by atoms with Crippen LogP contribution in [0.25, 0.3) is 16.7 Å². The Hall–Kier alpha value is -3.01. The van der Waals surface area contributed by atoms with E-state index in [4.69, 9.17) is 11.6 Å². The molecule has 0 saturated carbocycles. The molecular weight excluding hydrogens is 518 g/mol. The van der Waals surface area contributed by atoms with Crippen LogP contribution in [0.2, 0.25) is 5.02 Å². The zero-order valence-electron chi connectivity index (χ0n) is 18.5. The maximum atomic E-state index is 12.9. The highest BCUT2D eigenvalue weighted by Gasteiger charge is 2.27. The second-order valence-electron chi connectivity index (χ2n) is 8.26. The van der Waals surface area contributed by atoms with Gasteiger partial charge in [-0.2, -0.15) is 0 Å². The number of hydrogen-bond donors (Lipinski definition) is 2. The maximum Gasteiger partial charge on any atom is 0.239 e. The van der Waals surface area contributed by atoms with Crippen molar-refractivity contribution in [2.24, 2.45) is 0 Å². The molecule has 0 bridgehead atoms. The van der Waals surface area contributed by atoms with Gasteiger partial charge in [-0.3, -0.25) is 4.79 Å². The van der Waals surface area contributed by atoms with Crippen LogP contribution in [-0.4, -0.2) is 51.3 Å². The summed E-state index contributed by atoms with van der Waals surface area (Å²) in [5.41, 5.74) is 3.71. The lowest BCUT2D eigenvalue weighted by atomic mass is 10.1. The number of nitrogens with zero attached hydrogens (tertiary/aromatic N) is 5. The Balaban J connectivity index is 1.31. The molecule has 2 aromatic carbocycles. The largest absolute Gasteiger partial charge is 0.353 e. The minimum Gasteiger partial charge on any atom is -0.353 e. The number of piperazine rings is 1. The molecule has 1 unspecified atom stereocenters. The van der Waals surface area contributed by atoms with Crippen LogP contribution in [0.4, 0.5) is 5.82 Å². The number of carbonyl (C=O) groups is 1. The minimum atomic E-state index is -0.364. The highest BCUT2D eigenvalue weighted by atomic mass is 79.9. The lowest BCUT2D eigenvalue weighted by Crippen LogP contribution is -2.57. The van der Waals surface area contributed by atoms with Gasteiger partial charge in [-0.1, -0.05) is 35.4 Å². The molecular formula is C24H23BrClN7O. The van der Waals surface area contributed by atoms with Gasteiger partial charge in [-0.15, -0.1) is 5.10 Å². The molecule has 2 aromatic heterocycles. The number of anilines is 1. The van der Waals surface area contributed by atoms with Crippen LogP contribution in [0, 0.1) is 6.92 Å². The predicted molar refractivity (Wildman–Crippen MR) is 136 cm³/mol. The Kier molecular flexibility index (Phi) is 6.49. The molecule has 174 valence electrons. The molecule has 0 radical (unpaired) electrons. The predicted octanol–water partition coefficient (Wildman–Crippen LogP) is 3.63. The van der Waals surface area contributed by atoms with Crippen LogP contribution < -0.4 is 15.5 Å². The summed E-state index contributed by atoms with van der Waals surface area (Å²) in [5.74, 6) is 0.715. The summed E-state index contributed by atoms with van der Waals surface area (Å²) < 4.78 is 2.65. The molecule has 1 amide bonds. The SMILES string of the molecule is Cc1ccc(-n2cc3c(N4CCNC(C(=O)NCc5ccc(Br)c(Cl)c5)C4)ncnc3n2)cc1. The number of carbonyl (C=O) groups excluding carboxylic acids is 1. The van der Waals surface area contributed by atoms with E-state index in [1.807, 2.05) is 41.2 Å². The molecule has 0 spiro atoms. The standard InChI is InChI=1S/C24H23BrClN7O/c1-15-2-5-17(6-3-15)33-12-18-22(31-33)29-14-30-23(18)32-9-8-27-21(13-32)24(34)28-11-16-4-7-19(25)20(26)10-16/h2-7,10,12,14,21,27H,8-9,11,13H2,1H3,(H,28,34). The van der Waals surface area contributed by atoms with Gasteiger partial charge in [0, 0.05) is 36.8 Å². The highest BCUT2D eigenvalue weighted by molar-refractivity contribution is 9.10. The van der Waals surface area contributed by atoms with E-state index in [9.17, 15) is 4.79 Å². The average Bonchev–Trinajstić information content (AvgIpc) is 3.29. The van der Waals surface area contributed by atoms with Crippen molar-refractivity contribution in [3.8, 4) is 5.69 Å². The van der Waals surface area contributed by atoms with E-state index in [0.717, 1.165) is 33.5 Å². The third kappa shape index (κ3) is 4.77. The van der Waals surface area contributed by atoms with E-state index in [-0.39, 0.29) is 11.9 Å². The molecule has 10 heteroatoms. The van der Waals surface area contributed by atoms with Crippen molar-refractivity contribution in [1.82, 2.24) is 30.4 Å². The molecule has 1 saturated heterocycles. The van der Waals surface area contributed by atoms with Crippen molar-refractivity contribution in [1.29, 1.82) is 0 Å². The topological polar surface area (TPSA) is 88.0 Å². The van der Waals surface area contributed by atoms with Gasteiger partial charge >= 0.3 is 0 Å². The zero-order chi connectivity index (χ0) is 23.7. The maximum absolute atomic E-state index is 12.9. The van der Waals surface area contributed by atoms with Gasteiger partial charge in [-0.25, -0.2) is 14.6 Å². The number of benzene rings is 2. The summed E-state index contributed by atoms with van der Waals surface area (Å²) in [7, 11) is 0. The number of amides is 1. The Morgan fingerprint density at radius 2 is 2.06 bits per heavy atom. The Labute approximate surface area is 210 Å². The normalized spacial score (nSPS) is 16.1. The van der Waals surface area contributed by atoms with Gasteiger partial charge in [-0.05, 0) is 52.7 Å². The molecule has 5 rings (SSSR count). The summed E-state index contributed by atoms with van der Waals surface area (Å²) >= 11 is 9.55. The smallest absolute Gasteiger partial charge is 0.239 e. The Bertz CT molecular complexity index is 1340. The van der Waals surface area contributed by atoms with E-state index in [1.165, 1.54) is 11.9 Å². The van der Waals surface area contributed by atoms with Crippen LogP contribution in [-0.2, 0) is 11.3 Å². The Morgan fingerprint density at radius 3 is 2.85 bits per heavy atom. The van der Waals surface area contributed by atoms with E-state index in [2.05, 4.69) is 65.6 Å². The van der Waals surface area contributed by atoms with Crippen LogP contribution >= 0.6 is 27.5 Å². The fraction of sp³-hybridized carbons (Fsp3) is 0.250. The minimum absolute atomic E-state index is 0.0654. The van der Waals surface area contributed by atoms with Crippen molar-refractivity contribution in [3.63, 3.8) is 0 Å². The summed E-state index contributed by atoms with van der Waals surface area (Å²) in [4.78, 5) is 23.9. The third-order valence-electron chi connectivity index (χ3n) is 5.84. The second kappa shape index (κ2) is 9.69. The summed E-state index contributed by atoms with van der Waals surface area (Å²) in [6.07, 6.45) is 3.47. The van der Waals surface area contributed by atoms with E-state index in [1.54, 1.807) is 0 Å². The highest BCUT2D eigenvalue weighted by Crippen LogP contribution is 2.25. The number of aromatic nitrogens is 4.